The molecular formula is C13H15N3O3. The third-order valence-electron chi connectivity index (χ3n) is 2.31. The second-order valence-corrected chi connectivity index (χ2v) is 3.76. The fourth-order valence-electron chi connectivity index (χ4n) is 1.52. The predicted molar refractivity (Wildman–Crippen MR) is 70.2 cm³/mol. The van der Waals surface area contributed by atoms with Gasteiger partial charge in [0, 0.05) is 19.2 Å². The summed E-state index contributed by atoms with van der Waals surface area (Å²) in [5, 5.41) is 0. The molecule has 0 bridgehead atoms. The maximum absolute atomic E-state index is 5.69. The molecule has 0 aliphatic carbocycles. The Hall–Kier alpha value is -2.34. The van der Waals surface area contributed by atoms with Crippen molar-refractivity contribution in [2.45, 2.75) is 6.61 Å². The monoisotopic (exact) mass is 261 g/mol. The zero-order valence-electron chi connectivity index (χ0n) is 10.8. The van der Waals surface area contributed by atoms with Crippen LogP contribution in [0.5, 0.6) is 17.4 Å². The second kappa shape index (κ2) is 6.01. The molecule has 0 amide bonds. The summed E-state index contributed by atoms with van der Waals surface area (Å²) < 4.78 is 15.7. The molecule has 1 aromatic heterocycles. The van der Waals surface area contributed by atoms with E-state index < -0.39 is 0 Å². The van der Waals surface area contributed by atoms with E-state index in [1.165, 1.54) is 0 Å². The van der Waals surface area contributed by atoms with E-state index in [-0.39, 0.29) is 6.61 Å². The maximum Gasteiger partial charge on any atom is 0.224 e. The lowest BCUT2D eigenvalue weighted by Crippen LogP contribution is -2.02. The van der Waals surface area contributed by atoms with Crippen LogP contribution in [0.2, 0.25) is 0 Å². The summed E-state index contributed by atoms with van der Waals surface area (Å²) in [7, 11) is 3.16. The summed E-state index contributed by atoms with van der Waals surface area (Å²) in [6.45, 7) is 0.277. The van der Waals surface area contributed by atoms with Crippen molar-refractivity contribution in [2.75, 3.05) is 20.0 Å². The highest BCUT2D eigenvalue weighted by Gasteiger charge is 2.05. The molecule has 0 unspecified atom stereocenters. The van der Waals surface area contributed by atoms with E-state index in [9.17, 15) is 0 Å². The van der Waals surface area contributed by atoms with Gasteiger partial charge >= 0.3 is 0 Å². The Morgan fingerprint density at radius 1 is 1.11 bits per heavy atom. The second-order valence-electron chi connectivity index (χ2n) is 3.76. The molecule has 0 spiro atoms. The predicted octanol–water partition coefficient (Wildman–Crippen LogP) is 2.01. The number of benzene rings is 1. The smallest absolute Gasteiger partial charge is 0.224 e. The Labute approximate surface area is 111 Å². The molecule has 100 valence electrons. The van der Waals surface area contributed by atoms with Crippen LogP contribution in [0.15, 0.2) is 30.3 Å². The molecule has 0 saturated heterocycles. The number of nitrogen functional groups attached to an aromatic ring is 1. The summed E-state index contributed by atoms with van der Waals surface area (Å²) in [6.07, 6.45) is 0. The van der Waals surface area contributed by atoms with E-state index in [4.69, 9.17) is 19.9 Å². The van der Waals surface area contributed by atoms with Gasteiger partial charge < -0.3 is 19.9 Å². The van der Waals surface area contributed by atoms with Crippen molar-refractivity contribution in [1.29, 1.82) is 0 Å². The first-order valence-corrected chi connectivity index (χ1v) is 5.65. The van der Waals surface area contributed by atoms with Crippen LogP contribution in [-0.2, 0) is 11.3 Å². The van der Waals surface area contributed by atoms with Gasteiger partial charge in [0.05, 0.1) is 7.11 Å². The van der Waals surface area contributed by atoms with Gasteiger partial charge in [0.25, 0.3) is 0 Å². The molecule has 0 radical (unpaired) electrons. The summed E-state index contributed by atoms with van der Waals surface area (Å²) >= 11 is 0. The molecule has 1 heterocycles. The van der Waals surface area contributed by atoms with Crippen LogP contribution in [0.4, 0.5) is 5.82 Å². The van der Waals surface area contributed by atoms with Gasteiger partial charge in [-0.3, -0.25) is 0 Å². The number of nitrogens with two attached hydrogens (primary N) is 1. The molecule has 0 aliphatic heterocycles. The molecule has 2 aromatic rings. The molecule has 2 N–H and O–H groups in total. The van der Waals surface area contributed by atoms with E-state index in [0.29, 0.717) is 29.0 Å². The Morgan fingerprint density at radius 3 is 2.63 bits per heavy atom. The highest BCUT2D eigenvalue weighted by molar-refractivity contribution is 5.38. The fourth-order valence-corrected chi connectivity index (χ4v) is 1.52. The fraction of sp³-hybridized carbons (Fsp3) is 0.231. The summed E-state index contributed by atoms with van der Waals surface area (Å²) in [4.78, 5) is 8.23. The van der Waals surface area contributed by atoms with Crippen LogP contribution in [-0.4, -0.2) is 24.2 Å². The molecule has 0 aliphatic rings. The lowest BCUT2D eigenvalue weighted by atomic mass is 10.3. The van der Waals surface area contributed by atoms with Crippen molar-refractivity contribution in [3.05, 3.63) is 36.2 Å². The van der Waals surface area contributed by atoms with Crippen molar-refractivity contribution in [3.63, 3.8) is 0 Å². The van der Waals surface area contributed by atoms with E-state index in [0.717, 1.165) is 0 Å². The summed E-state index contributed by atoms with van der Waals surface area (Å²) in [6, 6.07) is 8.77. The lowest BCUT2D eigenvalue weighted by Gasteiger charge is -2.08. The van der Waals surface area contributed by atoms with Gasteiger partial charge in [-0.15, -0.1) is 0 Å². The largest absolute Gasteiger partial charge is 0.497 e. The number of methoxy groups -OCH3 is 2. The van der Waals surface area contributed by atoms with E-state index in [2.05, 4.69) is 9.97 Å². The van der Waals surface area contributed by atoms with Gasteiger partial charge in [0.1, 0.15) is 23.9 Å². The first kappa shape index (κ1) is 13.1. The third-order valence-corrected chi connectivity index (χ3v) is 2.31. The van der Waals surface area contributed by atoms with Crippen LogP contribution in [0.3, 0.4) is 0 Å². The van der Waals surface area contributed by atoms with Crippen LogP contribution in [0.1, 0.15) is 5.82 Å². The quantitative estimate of drug-likeness (QED) is 0.886. The van der Waals surface area contributed by atoms with Crippen molar-refractivity contribution in [2.24, 2.45) is 0 Å². The normalized spacial score (nSPS) is 10.2. The Kier molecular flexibility index (Phi) is 4.15. The molecule has 6 nitrogen and oxygen atoms in total. The highest BCUT2D eigenvalue weighted by Crippen LogP contribution is 2.24. The molecule has 19 heavy (non-hydrogen) atoms. The molecule has 0 saturated carbocycles. The van der Waals surface area contributed by atoms with E-state index >= 15 is 0 Å². The van der Waals surface area contributed by atoms with Crippen molar-refractivity contribution in [1.82, 2.24) is 9.97 Å². The van der Waals surface area contributed by atoms with Crippen molar-refractivity contribution < 1.29 is 14.2 Å². The van der Waals surface area contributed by atoms with Crippen LogP contribution >= 0.6 is 0 Å². The first-order chi connectivity index (χ1) is 9.21. The number of rotatable bonds is 5. The van der Waals surface area contributed by atoms with Crippen LogP contribution < -0.4 is 15.2 Å². The molecule has 6 heteroatoms. The van der Waals surface area contributed by atoms with Gasteiger partial charge in [0.2, 0.25) is 5.88 Å². The number of ether oxygens (including phenoxy) is 3. The van der Waals surface area contributed by atoms with Gasteiger partial charge in [-0.05, 0) is 12.1 Å². The number of hydrogen-bond donors (Lipinski definition) is 1. The summed E-state index contributed by atoms with van der Waals surface area (Å²) in [5.41, 5.74) is 5.69. The molecule has 0 atom stereocenters. The van der Waals surface area contributed by atoms with Crippen molar-refractivity contribution >= 4 is 5.82 Å². The maximum atomic E-state index is 5.69. The number of anilines is 1. The molecular weight excluding hydrogens is 246 g/mol. The standard InChI is InChI=1S/C13H15N3O3/c1-17-8-12-15-11(14)7-13(16-12)19-10-5-3-4-9(6-10)18-2/h3-7H,8H2,1-2H3,(H2,14,15,16). The minimum atomic E-state index is 0.277. The topological polar surface area (TPSA) is 79.5 Å². The lowest BCUT2D eigenvalue weighted by molar-refractivity contribution is 0.177. The van der Waals surface area contributed by atoms with Gasteiger partial charge in [-0.25, -0.2) is 4.98 Å². The van der Waals surface area contributed by atoms with Gasteiger partial charge in [-0.1, -0.05) is 6.07 Å². The number of hydrogen-bond acceptors (Lipinski definition) is 6. The van der Waals surface area contributed by atoms with Gasteiger partial charge in [-0.2, -0.15) is 4.98 Å². The molecule has 2 rings (SSSR count). The number of aromatic nitrogens is 2. The average molecular weight is 261 g/mol. The summed E-state index contributed by atoms with van der Waals surface area (Å²) in [5.74, 6) is 2.49. The first-order valence-electron chi connectivity index (χ1n) is 5.65. The van der Waals surface area contributed by atoms with Crippen LogP contribution in [0, 0.1) is 0 Å². The minimum absolute atomic E-state index is 0.277. The minimum Gasteiger partial charge on any atom is -0.497 e. The average Bonchev–Trinajstić information content (AvgIpc) is 2.38. The van der Waals surface area contributed by atoms with E-state index in [1.807, 2.05) is 12.1 Å². The zero-order valence-corrected chi connectivity index (χ0v) is 10.8. The Balaban J connectivity index is 2.22. The molecule has 1 aromatic carbocycles. The van der Waals surface area contributed by atoms with E-state index in [1.54, 1.807) is 32.4 Å². The SMILES string of the molecule is COCc1nc(N)cc(Oc2cccc(OC)c2)n1. The Morgan fingerprint density at radius 2 is 1.89 bits per heavy atom. The van der Waals surface area contributed by atoms with Gasteiger partial charge in [0.15, 0.2) is 5.82 Å². The van der Waals surface area contributed by atoms with Crippen LogP contribution in [0.25, 0.3) is 0 Å². The zero-order chi connectivity index (χ0) is 13.7. The molecule has 0 fully saturated rings. The highest BCUT2D eigenvalue weighted by atomic mass is 16.5. The number of nitrogens with zero attached hydrogens (tertiary/aromatic N) is 2. The Bertz CT molecular complexity index is 561. The van der Waals surface area contributed by atoms with Crippen molar-refractivity contribution in [3.8, 4) is 17.4 Å². The third kappa shape index (κ3) is 3.56.